The molecular weight excluding hydrogens is 444 g/mol. The first-order chi connectivity index (χ1) is 14.6. The molecule has 0 aliphatic carbocycles. The molecule has 0 fully saturated rings. The van der Waals surface area contributed by atoms with Gasteiger partial charge in [0.25, 0.3) is 0 Å². The van der Waals surface area contributed by atoms with Crippen LogP contribution in [0.15, 0.2) is 36.4 Å². The lowest BCUT2D eigenvalue weighted by Crippen LogP contribution is -2.48. The van der Waals surface area contributed by atoms with Crippen LogP contribution in [0, 0.1) is 6.92 Å². The van der Waals surface area contributed by atoms with Crippen LogP contribution >= 0.6 is 11.6 Å². The first-order valence-corrected chi connectivity index (χ1v) is 11.7. The van der Waals surface area contributed by atoms with Crippen molar-refractivity contribution < 1.29 is 27.4 Å². The molecule has 0 radical (unpaired) electrons. The van der Waals surface area contributed by atoms with Crippen molar-refractivity contribution in [2.75, 3.05) is 37.9 Å². The molecule has 0 bridgehead atoms. The largest absolute Gasteiger partial charge is 0.497 e. The third kappa shape index (κ3) is 6.41. The Morgan fingerprint density at radius 3 is 2.39 bits per heavy atom. The molecule has 2 aromatic rings. The van der Waals surface area contributed by atoms with Gasteiger partial charge in [-0.25, -0.2) is 8.42 Å². The molecule has 0 aliphatic heterocycles. The summed E-state index contributed by atoms with van der Waals surface area (Å²) in [7, 11) is -0.923. The predicted octanol–water partition coefficient (Wildman–Crippen LogP) is 3.02. The molecule has 0 aliphatic rings. The zero-order valence-electron chi connectivity index (χ0n) is 18.1. The lowest BCUT2D eigenvalue weighted by Gasteiger charge is -2.29. The maximum Gasteiger partial charge on any atom is 0.243 e. The van der Waals surface area contributed by atoms with Crippen LogP contribution in [-0.4, -0.2) is 54.0 Å². The highest BCUT2D eigenvalue weighted by atomic mass is 35.5. The predicted molar refractivity (Wildman–Crippen MR) is 121 cm³/mol. The van der Waals surface area contributed by atoms with E-state index in [1.54, 1.807) is 24.3 Å². The van der Waals surface area contributed by atoms with Crippen molar-refractivity contribution in [2.24, 2.45) is 0 Å². The van der Waals surface area contributed by atoms with Gasteiger partial charge in [0.15, 0.2) is 0 Å². The van der Waals surface area contributed by atoms with E-state index in [1.807, 2.05) is 13.0 Å². The molecule has 0 saturated carbocycles. The zero-order chi connectivity index (χ0) is 23.2. The van der Waals surface area contributed by atoms with Crippen LogP contribution in [0.25, 0.3) is 0 Å². The standard InChI is InChI=1S/C21H27ClN2O6S/c1-14-6-7-17(12-18(14)22)30-11-10-23-21(25)15(2)24(31(5,26)27)19-13-16(28-3)8-9-20(19)29-4/h6-9,12-13,15H,10-11H2,1-5H3,(H,23,25)/t15-/m1/s1. The average Bonchev–Trinajstić information content (AvgIpc) is 2.72. The number of nitrogens with zero attached hydrogens (tertiary/aromatic N) is 1. The summed E-state index contributed by atoms with van der Waals surface area (Å²) in [5, 5.41) is 3.28. The van der Waals surface area contributed by atoms with Crippen molar-refractivity contribution in [1.29, 1.82) is 0 Å². The van der Waals surface area contributed by atoms with E-state index in [9.17, 15) is 13.2 Å². The van der Waals surface area contributed by atoms with Crippen molar-refractivity contribution in [3.63, 3.8) is 0 Å². The van der Waals surface area contributed by atoms with Crippen molar-refractivity contribution >= 4 is 33.2 Å². The third-order valence-electron chi connectivity index (χ3n) is 4.53. The third-order valence-corrected chi connectivity index (χ3v) is 6.16. The minimum Gasteiger partial charge on any atom is -0.497 e. The highest BCUT2D eigenvalue weighted by Gasteiger charge is 2.31. The fourth-order valence-corrected chi connectivity index (χ4v) is 4.24. The Hall–Kier alpha value is -2.65. The molecule has 0 unspecified atom stereocenters. The number of anilines is 1. The van der Waals surface area contributed by atoms with Gasteiger partial charge in [-0.1, -0.05) is 17.7 Å². The number of methoxy groups -OCH3 is 2. The first kappa shape index (κ1) is 24.6. The first-order valence-electron chi connectivity index (χ1n) is 9.46. The Labute approximate surface area is 188 Å². The number of carbonyl (C=O) groups is 1. The second kappa shape index (κ2) is 10.6. The highest BCUT2D eigenvalue weighted by molar-refractivity contribution is 7.92. The van der Waals surface area contributed by atoms with Crippen LogP contribution in [0.4, 0.5) is 5.69 Å². The molecule has 1 N–H and O–H groups in total. The van der Waals surface area contributed by atoms with Crippen LogP contribution in [0.1, 0.15) is 12.5 Å². The Morgan fingerprint density at radius 2 is 1.81 bits per heavy atom. The van der Waals surface area contributed by atoms with Crippen molar-refractivity contribution in [1.82, 2.24) is 5.32 Å². The summed E-state index contributed by atoms with van der Waals surface area (Å²) in [4.78, 5) is 12.7. The Balaban J connectivity index is 2.10. The van der Waals surface area contributed by atoms with Gasteiger partial charge in [0.05, 0.1) is 32.7 Å². The van der Waals surface area contributed by atoms with Gasteiger partial charge < -0.3 is 19.5 Å². The molecule has 0 aromatic heterocycles. The van der Waals surface area contributed by atoms with Crippen LogP contribution in [-0.2, 0) is 14.8 Å². The molecule has 1 atom stereocenters. The maximum atomic E-state index is 12.7. The van der Waals surface area contributed by atoms with E-state index in [0.29, 0.717) is 22.3 Å². The smallest absolute Gasteiger partial charge is 0.243 e. The summed E-state index contributed by atoms with van der Waals surface area (Å²) in [6.45, 7) is 3.76. The number of ether oxygens (including phenoxy) is 3. The summed E-state index contributed by atoms with van der Waals surface area (Å²) >= 11 is 6.07. The molecule has 10 heteroatoms. The number of carbonyl (C=O) groups excluding carboxylic acids is 1. The van der Waals surface area contributed by atoms with Crippen LogP contribution in [0.5, 0.6) is 17.2 Å². The van der Waals surface area contributed by atoms with Crippen LogP contribution in [0.3, 0.4) is 0 Å². The fourth-order valence-electron chi connectivity index (χ4n) is 2.90. The molecule has 0 heterocycles. The molecule has 1 amide bonds. The number of rotatable bonds is 10. The zero-order valence-corrected chi connectivity index (χ0v) is 19.7. The molecule has 2 aromatic carbocycles. The maximum absolute atomic E-state index is 12.7. The van der Waals surface area contributed by atoms with E-state index < -0.39 is 22.0 Å². The van der Waals surface area contributed by atoms with Gasteiger partial charge in [0, 0.05) is 11.1 Å². The van der Waals surface area contributed by atoms with E-state index in [-0.39, 0.29) is 18.8 Å². The minimum absolute atomic E-state index is 0.182. The summed E-state index contributed by atoms with van der Waals surface area (Å²) in [6, 6.07) is 9.01. The van der Waals surface area contributed by atoms with E-state index in [4.69, 9.17) is 25.8 Å². The number of hydrogen-bond acceptors (Lipinski definition) is 6. The van der Waals surface area contributed by atoms with E-state index in [0.717, 1.165) is 16.1 Å². The summed E-state index contributed by atoms with van der Waals surface area (Å²) in [5.41, 5.74) is 1.14. The number of amides is 1. The molecule has 31 heavy (non-hydrogen) atoms. The molecule has 2 rings (SSSR count). The quantitative estimate of drug-likeness (QED) is 0.536. The van der Waals surface area contributed by atoms with Gasteiger partial charge in [-0.05, 0) is 43.7 Å². The number of benzene rings is 2. The summed E-state index contributed by atoms with van der Waals surface area (Å²) < 4.78 is 42.1. The molecule has 8 nitrogen and oxygen atoms in total. The fraction of sp³-hybridized carbons (Fsp3) is 0.381. The number of aryl methyl sites for hydroxylation is 1. The van der Waals surface area contributed by atoms with Gasteiger partial charge >= 0.3 is 0 Å². The second-order valence-corrected chi connectivity index (χ2v) is 9.09. The highest BCUT2D eigenvalue weighted by Crippen LogP contribution is 2.35. The van der Waals surface area contributed by atoms with Crippen LogP contribution < -0.4 is 23.8 Å². The van der Waals surface area contributed by atoms with Gasteiger partial charge in [0.2, 0.25) is 15.9 Å². The van der Waals surface area contributed by atoms with Gasteiger partial charge in [-0.3, -0.25) is 9.10 Å². The molecular formula is C21H27ClN2O6S. The Morgan fingerprint density at radius 1 is 1.13 bits per heavy atom. The van der Waals surface area contributed by atoms with Gasteiger partial charge in [-0.2, -0.15) is 0 Å². The minimum atomic E-state index is -3.81. The average molecular weight is 471 g/mol. The van der Waals surface area contributed by atoms with E-state index in [1.165, 1.54) is 27.2 Å². The number of hydrogen-bond donors (Lipinski definition) is 1. The van der Waals surface area contributed by atoms with Crippen molar-refractivity contribution in [3.8, 4) is 17.2 Å². The number of nitrogens with one attached hydrogen (secondary N) is 1. The molecule has 170 valence electrons. The van der Waals surface area contributed by atoms with Gasteiger partial charge in [-0.15, -0.1) is 0 Å². The molecule has 0 saturated heterocycles. The Bertz CT molecular complexity index is 1030. The number of sulfonamides is 1. The van der Waals surface area contributed by atoms with Crippen LogP contribution in [0.2, 0.25) is 5.02 Å². The SMILES string of the molecule is COc1ccc(OC)c(N([C@H](C)C(=O)NCCOc2ccc(C)c(Cl)c2)S(C)(=O)=O)c1. The topological polar surface area (TPSA) is 94.2 Å². The van der Waals surface area contributed by atoms with Crippen molar-refractivity contribution in [2.45, 2.75) is 19.9 Å². The van der Waals surface area contributed by atoms with Crippen molar-refractivity contribution in [3.05, 3.63) is 47.0 Å². The monoisotopic (exact) mass is 470 g/mol. The number of halogens is 1. The summed E-state index contributed by atoms with van der Waals surface area (Å²) in [6.07, 6.45) is 1.03. The molecule has 0 spiro atoms. The Kier molecular flexibility index (Phi) is 8.41. The second-order valence-electron chi connectivity index (χ2n) is 6.82. The lowest BCUT2D eigenvalue weighted by atomic mass is 10.2. The summed E-state index contributed by atoms with van der Waals surface area (Å²) in [5.74, 6) is 0.824. The van der Waals surface area contributed by atoms with E-state index >= 15 is 0 Å². The van der Waals surface area contributed by atoms with E-state index in [2.05, 4.69) is 5.32 Å². The lowest BCUT2D eigenvalue weighted by molar-refractivity contribution is -0.121. The van der Waals surface area contributed by atoms with Gasteiger partial charge in [0.1, 0.15) is 29.9 Å². The normalized spacial score (nSPS) is 12.1.